The van der Waals surface area contributed by atoms with Crippen LogP contribution in [-0.4, -0.2) is 45.8 Å². The highest BCUT2D eigenvalue weighted by molar-refractivity contribution is 7.89. The third-order valence-corrected chi connectivity index (χ3v) is 5.34. The maximum absolute atomic E-state index is 12.5. The van der Waals surface area contributed by atoms with Gasteiger partial charge in [0.15, 0.2) is 0 Å². The Hall–Kier alpha value is -1.32. The van der Waals surface area contributed by atoms with Crippen molar-refractivity contribution in [2.45, 2.75) is 17.7 Å². The van der Waals surface area contributed by atoms with Crippen molar-refractivity contribution in [3.63, 3.8) is 0 Å². The number of halogens is 3. The number of rotatable bonds is 5. The summed E-state index contributed by atoms with van der Waals surface area (Å²) in [4.78, 5) is -0.461. The van der Waals surface area contributed by atoms with Crippen LogP contribution in [-0.2, 0) is 10.0 Å². The molecule has 1 saturated heterocycles. The summed E-state index contributed by atoms with van der Waals surface area (Å²) in [5.74, 6) is -0.553. The van der Waals surface area contributed by atoms with E-state index >= 15 is 0 Å². The molecule has 1 N–H and O–H groups in total. The number of benzene rings is 1. The summed E-state index contributed by atoms with van der Waals surface area (Å²) in [7, 11) is -2.24. The average molecular weight is 338 g/mol. The first kappa shape index (κ1) is 17.0. The van der Waals surface area contributed by atoms with Crippen LogP contribution < -0.4 is 10.1 Å². The van der Waals surface area contributed by atoms with E-state index in [1.807, 2.05) is 0 Å². The van der Waals surface area contributed by atoms with Crippen LogP contribution in [0.1, 0.15) is 6.42 Å². The Morgan fingerprint density at radius 3 is 2.68 bits per heavy atom. The minimum Gasteiger partial charge on any atom is -0.404 e. The van der Waals surface area contributed by atoms with Crippen LogP contribution in [0.4, 0.5) is 13.2 Å². The number of nitrogens with one attached hydrogen (secondary N) is 1. The van der Waals surface area contributed by atoms with Crippen molar-refractivity contribution in [3.05, 3.63) is 24.3 Å². The van der Waals surface area contributed by atoms with E-state index in [1.165, 1.54) is 16.4 Å². The van der Waals surface area contributed by atoms with Gasteiger partial charge in [0.2, 0.25) is 10.0 Å². The molecule has 1 aliphatic heterocycles. The maximum atomic E-state index is 12.5. The summed E-state index contributed by atoms with van der Waals surface area (Å²) in [6.07, 6.45) is -4.27. The molecule has 0 spiro atoms. The second kappa shape index (κ2) is 6.43. The molecule has 0 radical (unpaired) electrons. The molecule has 124 valence electrons. The molecule has 0 aliphatic carbocycles. The topological polar surface area (TPSA) is 58.6 Å². The van der Waals surface area contributed by atoms with Crippen molar-refractivity contribution in [3.8, 4) is 5.75 Å². The fraction of sp³-hybridized carbons (Fsp3) is 0.538. The average Bonchev–Trinajstić information content (AvgIpc) is 2.87. The van der Waals surface area contributed by atoms with Gasteiger partial charge in [-0.25, -0.2) is 8.42 Å². The molecule has 9 heteroatoms. The van der Waals surface area contributed by atoms with Crippen molar-refractivity contribution < 1.29 is 26.3 Å². The van der Waals surface area contributed by atoms with Crippen molar-refractivity contribution >= 4 is 10.0 Å². The Morgan fingerprint density at radius 2 is 2.05 bits per heavy atom. The number of hydrogen-bond donors (Lipinski definition) is 1. The van der Waals surface area contributed by atoms with E-state index in [2.05, 4.69) is 10.1 Å². The van der Waals surface area contributed by atoms with E-state index in [-0.39, 0.29) is 19.0 Å². The maximum Gasteiger partial charge on any atom is 0.573 e. The van der Waals surface area contributed by atoms with Gasteiger partial charge < -0.3 is 10.1 Å². The highest BCUT2D eigenvalue weighted by Crippen LogP contribution is 2.33. The smallest absolute Gasteiger partial charge is 0.404 e. The lowest BCUT2D eigenvalue weighted by Crippen LogP contribution is -2.31. The molecule has 0 amide bonds. The van der Waals surface area contributed by atoms with Crippen LogP contribution in [0.15, 0.2) is 29.2 Å². The number of hydrogen-bond acceptors (Lipinski definition) is 4. The Labute approximate surface area is 127 Å². The monoisotopic (exact) mass is 338 g/mol. The predicted octanol–water partition coefficient (Wildman–Crippen LogP) is 1.82. The van der Waals surface area contributed by atoms with Crippen LogP contribution in [0, 0.1) is 5.92 Å². The zero-order chi connectivity index (χ0) is 16.4. The van der Waals surface area contributed by atoms with Gasteiger partial charge in [-0.2, -0.15) is 4.31 Å². The van der Waals surface area contributed by atoms with E-state index in [4.69, 9.17) is 0 Å². The van der Waals surface area contributed by atoms with Gasteiger partial charge in [-0.3, -0.25) is 0 Å². The van der Waals surface area contributed by atoms with Gasteiger partial charge in [-0.15, -0.1) is 13.2 Å². The van der Waals surface area contributed by atoms with E-state index in [0.29, 0.717) is 13.0 Å². The predicted molar refractivity (Wildman–Crippen MR) is 73.9 cm³/mol. The molecule has 1 heterocycles. The van der Waals surface area contributed by atoms with E-state index in [1.54, 1.807) is 7.05 Å². The lowest BCUT2D eigenvalue weighted by molar-refractivity contribution is -0.275. The quantitative estimate of drug-likeness (QED) is 0.890. The van der Waals surface area contributed by atoms with E-state index < -0.39 is 27.0 Å². The summed E-state index contributed by atoms with van der Waals surface area (Å²) in [6.45, 7) is 1.23. The highest BCUT2D eigenvalue weighted by Gasteiger charge is 2.37. The lowest BCUT2D eigenvalue weighted by Gasteiger charge is -2.19. The van der Waals surface area contributed by atoms with Gasteiger partial charge in [0.05, 0.1) is 0 Å². The number of nitrogens with zero attached hydrogens (tertiary/aromatic N) is 1. The third kappa shape index (κ3) is 3.90. The molecule has 1 aromatic carbocycles. The van der Waals surface area contributed by atoms with Gasteiger partial charge in [0.25, 0.3) is 0 Å². The molecule has 1 aliphatic rings. The second-order valence-corrected chi connectivity index (χ2v) is 6.98. The van der Waals surface area contributed by atoms with Crippen molar-refractivity contribution in [2.24, 2.45) is 5.92 Å². The first-order valence-electron chi connectivity index (χ1n) is 6.73. The second-order valence-electron chi connectivity index (χ2n) is 5.07. The van der Waals surface area contributed by atoms with Crippen molar-refractivity contribution in [2.75, 3.05) is 26.7 Å². The zero-order valence-corrected chi connectivity index (χ0v) is 12.7. The Bertz CT molecular complexity index is 619. The fourth-order valence-electron chi connectivity index (χ4n) is 2.48. The van der Waals surface area contributed by atoms with E-state index in [0.717, 1.165) is 12.1 Å². The number of para-hydroxylation sites is 1. The highest BCUT2D eigenvalue weighted by atomic mass is 32.2. The molecule has 5 nitrogen and oxygen atoms in total. The summed E-state index contributed by atoms with van der Waals surface area (Å²) >= 11 is 0. The van der Waals surface area contributed by atoms with Gasteiger partial charge in [0, 0.05) is 13.1 Å². The minimum absolute atomic E-state index is 0.149. The first-order valence-corrected chi connectivity index (χ1v) is 8.17. The summed E-state index contributed by atoms with van der Waals surface area (Å²) in [5.41, 5.74) is 0. The largest absolute Gasteiger partial charge is 0.573 e. The number of alkyl halides is 3. The van der Waals surface area contributed by atoms with Crippen molar-refractivity contribution in [1.82, 2.24) is 9.62 Å². The molecule has 2 rings (SSSR count). The van der Waals surface area contributed by atoms with Crippen LogP contribution in [0.2, 0.25) is 0 Å². The molecular formula is C13H17F3N2O3S. The lowest BCUT2D eigenvalue weighted by atomic mass is 10.1. The summed E-state index contributed by atoms with van der Waals surface area (Å²) in [6, 6.07) is 4.80. The zero-order valence-electron chi connectivity index (χ0n) is 11.9. The van der Waals surface area contributed by atoms with Gasteiger partial charge >= 0.3 is 6.36 Å². The first-order chi connectivity index (χ1) is 10.2. The normalized spacial score (nSPS) is 20.3. The van der Waals surface area contributed by atoms with Crippen LogP contribution in [0.25, 0.3) is 0 Å². The Balaban J connectivity index is 2.27. The van der Waals surface area contributed by atoms with Gasteiger partial charge in [-0.1, -0.05) is 12.1 Å². The summed E-state index contributed by atoms with van der Waals surface area (Å²) < 4.78 is 67.4. The summed E-state index contributed by atoms with van der Waals surface area (Å²) in [5, 5.41) is 2.97. The standard InChI is InChI=1S/C13H17F3N2O3S/c1-17-8-10-6-7-18(9-10)22(19,20)12-5-3-2-4-11(12)21-13(14,15)16/h2-5,10,17H,6-9H2,1H3. The van der Waals surface area contributed by atoms with Gasteiger partial charge in [0.1, 0.15) is 10.6 Å². The molecule has 22 heavy (non-hydrogen) atoms. The molecule has 1 fully saturated rings. The minimum atomic E-state index is -4.94. The molecule has 0 aromatic heterocycles. The van der Waals surface area contributed by atoms with Crippen LogP contribution in [0.3, 0.4) is 0 Å². The van der Waals surface area contributed by atoms with Gasteiger partial charge in [-0.05, 0) is 38.1 Å². The molecule has 1 atom stereocenters. The Kier molecular flexibility index (Phi) is 4.98. The van der Waals surface area contributed by atoms with Crippen LogP contribution in [0.5, 0.6) is 5.75 Å². The van der Waals surface area contributed by atoms with E-state index in [9.17, 15) is 21.6 Å². The number of ether oxygens (including phenoxy) is 1. The van der Waals surface area contributed by atoms with Crippen LogP contribution >= 0.6 is 0 Å². The third-order valence-electron chi connectivity index (χ3n) is 3.43. The molecule has 0 bridgehead atoms. The Morgan fingerprint density at radius 1 is 1.36 bits per heavy atom. The molecule has 1 unspecified atom stereocenters. The molecule has 0 saturated carbocycles. The fourth-order valence-corrected chi connectivity index (χ4v) is 4.13. The molecular weight excluding hydrogens is 321 g/mol. The molecule has 1 aromatic rings. The number of sulfonamides is 1. The van der Waals surface area contributed by atoms with Crippen molar-refractivity contribution in [1.29, 1.82) is 0 Å². The SMILES string of the molecule is CNCC1CCN(S(=O)(=O)c2ccccc2OC(F)(F)F)C1.